The highest BCUT2D eigenvalue weighted by atomic mass is 16.6. The maximum absolute atomic E-state index is 11.8. The predicted octanol–water partition coefficient (Wildman–Crippen LogP) is 3.69. The van der Waals surface area contributed by atoms with Crippen LogP contribution in [0.5, 0.6) is 0 Å². The third kappa shape index (κ3) is 4.02. The highest BCUT2D eigenvalue weighted by Crippen LogP contribution is 2.27. The van der Waals surface area contributed by atoms with Gasteiger partial charge < -0.3 is 4.74 Å². The first kappa shape index (κ1) is 15.0. The van der Waals surface area contributed by atoms with Crippen LogP contribution in [0.1, 0.15) is 31.7 Å². The number of carbonyl (C=O) groups excluding carboxylic acids is 1. The summed E-state index contributed by atoms with van der Waals surface area (Å²) in [6, 6.07) is 5.98. The Bertz CT molecular complexity index is 599. The van der Waals surface area contributed by atoms with Crippen LogP contribution in [0.4, 0.5) is 5.69 Å². The molecule has 0 bridgehead atoms. The Kier molecular flexibility index (Phi) is 4.87. The van der Waals surface area contributed by atoms with Crippen LogP contribution in [0.3, 0.4) is 0 Å². The zero-order chi connectivity index (χ0) is 15.2. The number of nitro groups is 1. The molecule has 2 rings (SSSR count). The van der Waals surface area contributed by atoms with E-state index in [4.69, 9.17) is 4.74 Å². The van der Waals surface area contributed by atoms with Gasteiger partial charge in [-0.1, -0.05) is 13.0 Å². The van der Waals surface area contributed by atoms with Gasteiger partial charge in [0.15, 0.2) is 0 Å². The van der Waals surface area contributed by atoms with Crippen molar-refractivity contribution in [3.05, 3.63) is 63.2 Å². The summed E-state index contributed by atoms with van der Waals surface area (Å²) in [6.45, 7) is 2.18. The third-order valence-corrected chi connectivity index (χ3v) is 3.42. The number of benzene rings is 1. The van der Waals surface area contributed by atoms with Crippen LogP contribution in [0.25, 0.3) is 0 Å². The number of hydrogen-bond acceptors (Lipinski definition) is 4. The van der Waals surface area contributed by atoms with Gasteiger partial charge in [0.25, 0.3) is 5.69 Å². The molecular weight excluding hydrogens is 270 g/mol. The van der Waals surface area contributed by atoms with Crippen molar-refractivity contribution in [2.45, 2.75) is 32.8 Å². The molecule has 0 atom stereocenters. The minimum Gasteiger partial charge on any atom is -0.458 e. The average Bonchev–Trinajstić information content (AvgIpc) is 2.92. The molecule has 110 valence electrons. The van der Waals surface area contributed by atoms with Crippen molar-refractivity contribution in [3.8, 4) is 0 Å². The maximum atomic E-state index is 11.8. The predicted molar refractivity (Wildman–Crippen MR) is 78.6 cm³/mol. The highest BCUT2D eigenvalue weighted by molar-refractivity contribution is 5.84. The molecule has 0 amide bonds. The van der Waals surface area contributed by atoms with Crippen LogP contribution < -0.4 is 0 Å². The lowest BCUT2D eigenvalue weighted by molar-refractivity contribution is -0.384. The Balaban J connectivity index is 1.91. The van der Waals surface area contributed by atoms with Gasteiger partial charge in [0.05, 0.1) is 4.92 Å². The minimum atomic E-state index is -0.459. The molecule has 0 heterocycles. The Morgan fingerprint density at radius 3 is 2.71 bits per heavy atom. The molecule has 1 aromatic carbocycles. The van der Waals surface area contributed by atoms with Gasteiger partial charge in [-0.25, -0.2) is 4.79 Å². The number of non-ortho nitro benzene ring substituents is 1. The number of esters is 1. The fraction of sp³-hybridized carbons (Fsp3) is 0.312. The molecule has 0 saturated carbocycles. The Morgan fingerprint density at radius 2 is 2.10 bits per heavy atom. The van der Waals surface area contributed by atoms with Crippen molar-refractivity contribution in [2.24, 2.45) is 0 Å². The third-order valence-electron chi connectivity index (χ3n) is 3.42. The van der Waals surface area contributed by atoms with E-state index in [2.05, 4.69) is 13.0 Å². The monoisotopic (exact) mass is 287 g/mol. The van der Waals surface area contributed by atoms with Crippen LogP contribution in [-0.2, 0) is 16.1 Å². The van der Waals surface area contributed by atoms with Crippen molar-refractivity contribution >= 4 is 11.7 Å². The Morgan fingerprint density at radius 1 is 1.38 bits per heavy atom. The SMILES string of the molecule is CCC1=CCC/C1=C\C(=O)OCc1ccc([N+](=O)[O-])cc1. The summed E-state index contributed by atoms with van der Waals surface area (Å²) in [5.74, 6) is -0.371. The van der Waals surface area contributed by atoms with Crippen LogP contribution in [0, 0.1) is 10.1 Å². The van der Waals surface area contributed by atoms with Crippen LogP contribution in [-0.4, -0.2) is 10.9 Å². The first-order valence-electron chi connectivity index (χ1n) is 6.90. The molecule has 0 aliphatic heterocycles. The van der Waals surface area contributed by atoms with E-state index in [1.807, 2.05) is 0 Å². The summed E-state index contributed by atoms with van der Waals surface area (Å²) in [5, 5.41) is 10.5. The van der Waals surface area contributed by atoms with Crippen molar-refractivity contribution < 1.29 is 14.5 Å². The number of nitrogens with zero attached hydrogens (tertiary/aromatic N) is 1. The summed E-state index contributed by atoms with van der Waals surface area (Å²) in [6.07, 6.45) is 6.48. The first-order chi connectivity index (χ1) is 10.1. The quantitative estimate of drug-likeness (QED) is 0.358. The summed E-state index contributed by atoms with van der Waals surface area (Å²) < 4.78 is 5.17. The fourth-order valence-corrected chi connectivity index (χ4v) is 2.28. The lowest BCUT2D eigenvalue weighted by atomic mass is 10.1. The van der Waals surface area contributed by atoms with Crippen molar-refractivity contribution in [1.82, 2.24) is 0 Å². The molecule has 5 heteroatoms. The van der Waals surface area contributed by atoms with Gasteiger partial charge in [0.2, 0.25) is 0 Å². The van der Waals surface area contributed by atoms with Crippen LogP contribution in [0.2, 0.25) is 0 Å². The zero-order valence-corrected chi connectivity index (χ0v) is 11.9. The lowest BCUT2D eigenvalue weighted by Crippen LogP contribution is -2.02. The molecule has 0 saturated heterocycles. The summed E-state index contributed by atoms with van der Waals surface area (Å²) in [4.78, 5) is 21.9. The van der Waals surface area contributed by atoms with Gasteiger partial charge in [-0.15, -0.1) is 0 Å². The molecule has 1 aliphatic rings. The van der Waals surface area contributed by atoms with Crippen LogP contribution >= 0.6 is 0 Å². The topological polar surface area (TPSA) is 69.4 Å². The Labute approximate surface area is 123 Å². The van der Waals surface area contributed by atoms with E-state index in [0.29, 0.717) is 0 Å². The number of hydrogen-bond donors (Lipinski definition) is 0. The number of rotatable bonds is 5. The summed E-state index contributed by atoms with van der Waals surface area (Å²) >= 11 is 0. The highest BCUT2D eigenvalue weighted by Gasteiger charge is 2.12. The molecular formula is C16H17NO4. The lowest BCUT2D eigenvalue weighted by Gasteiger charge is -2.05. The van der Waals surface area contributed by atoms with E-state index in [0.717, 1.165) is 30.4 Å². The van der Waals surface area contributed by atoms with Gasteiger partial charge in [-0.2, -0.15) is 0 Å². The molecule has 21 heavy (non-hydrogen) atoms. The van der Waals surface area contributed by atoms with Crippen molar-refractivity contribution in [1.29, 1.82) is 0 Å². The van der Waals surface area contributed by atoms with E-state index in [-0.39, 0.29) is 18.3 Å². The van der Waals surface area contributed by atoms with E-state index in [9.17, 15) is 14.9 Å². The molecule has 0 unspecified atom stereocenters. The van der Waals surface area contributed by atoms with E-state index in [1.165, 1.54) is 17.7 Å². The van der Waals surface area contributed by atoms with Crippen LogP contribution in [0.15, 0.2) is 47.6 Å². The smallest absolute Gasteiger partial charge is 0.331 e. The second-order valence-electron chi connectivity index (χ2n) is 4.82. The number of carbonyl (C=O) groups is 1. The molecule has 1 aromatic rings. The molecule has 0 radical (unpaired) electrons. The second kappa shape index (κ2) is 6.83. The number of allylic oxidation sites excluding steroid dienone is 3. The molecule has 0 N–H and O–H groups in total. The van der Waals surface area contributed by atoms with Crippen molar-refractivity contribution in [2.75, 3.05) is 0 Å². The number of ether oxygens (including phenoxy) is 1. The molecule has 0 spiro atoms. The normalized spacial score (nSPS) is 15.9. The maximum Gasteiger partial charge on any atom is 0.331 e. The van der Waals surface area contributed by atoms with E-state index < -0.39 is 4.92 Å². The van der Waals surface area contributed by atoms with Gasteiger partial charge in [-0.3, -0.25) is 10.1 Å². The second-order valence-corrected chi connectivity index (χ2v) is 4.82. The van der Waals surface area contributed by atoms with Gasteiger partial charge in [0, 0.05) is 18.2 Å². The first-order valence-corrected chi connectivity index (χ1v) is 6.90. The molecule has 1 aliphatic carbocycles. The van der Waals surface area contributed by atoms with Gasteiger partial charge in [-0.05, 0) is 48.1 Å². The molecule has 5 nitrogen and oxygen atoms in total. The molecule has 0 aromatic heterocycles. The standard InChI is InChI=1S/C16H17NO4/c1-2-13-4-3-5-14(13)10-16(18)21-11-12-6-8-15(9-7-12)17(19)20/h4,6-10H,2-3,5,11H2,1H3/b14-10+. The zero-order valence-electron chi connectivity index (χ0n) is 11.9. The minimum absolute atomic E-state index is 0.0240. The summed E-state index contributed by atoms with van der Waals surface area (Å²) in [5.41, 5.74) is 3.01. The fourth-order valence-electron chi connectivity index (χ4n) is 2.28. The summed E-state index contributed by atoms with van der Waals surface area (Å²) in [7, 11) is 0. The average molecular weight is 287 g/mol. The largest absolute Gasteiger partial charge is 0.458 e. The van der Waals surface area contributed by atoms with Gasteiger partial charge >= 0.3 is 5.97 Å². The van der Waals surface area contributed by atoms with Gasteiger partial charge in [0.1, 0.15) is 6.61 Å². The number of nitro benzene ring substituents is 1. The van der Waals surface area contributed by atoms with Crippen molar-refractivity contribution in [3.63, 3.8) is 0 Å². The Hall–Kier alpha value is -2.43. The van der Waals surface area contributed by atoms with E-state index >= 15 is 0 Å². The van der Waals surface area contributed by atoms with E-state index in [1.54, 1.807) is 18.2 Å². The molecule has 0 fully saturated rings.